The van der Waals surface area contributed by atoms with Crippen molar-refractivity contribution in [1.29, 1.82) is 0 Å². The quantitative estimate of drug-likeness (QED) is 0.845. The first-order valence-electron chi connectivity index (χ1n) is 5.02. The van der Waals surface area contributed by atoms with Gasteiger partial charge in [0.1, 0.15) is 0 Å². The fraction of sp³-hybridized carbons (Fsp3) is 0.364. The molecule has 1 aromatic rings. The lowest BCUT2D eigenvalue weighted by Gasteiger charge is -2.15. The zero-order chi connectivity index (χ0) is 10.5. The molecule has 4 heteroatoms. The third-order valence-corrected chi connectivity index (χ3v) is 3.21. The summed E-state index contributed by atoms with van der Waals surface area (Å²) in [6, 6.07) is 9.92. The van der Waals surface area contributed by atoms with Gasteiger partial charge in [0, 0.05) is 18.8 Å². The van der Waals surface area contributed by atoms with Gasteiger partial charge < -0.3 is 10.0 Å². The molecular weight excluding hydrogens is 208 g/mol. The zero-order valence-electron chi connectivity index (χ0n) is 8.47. The number of para-hydroxylation sites is 1. The number of benzene rings is 1. The molecule has 1 fully saturated rings. The summed E-state index contributed by atoms with van der Waals surface area (Å²) in [5.74, 6) is 1.06. The van der Waals surface area contributed by atoms with E-state index in [9.17, 15) is 0 Å². The minimum atomic E-state index is 0.189. The van der Waals surface area contributed by atoms with E-state index in [4.69, 9.17) is 5.11 Å². The molecule has 1 N–H and O–H groups in total. The number of aliphatic hydroxyl groups is 1. The van der Waals surface area contributed by atoms with Gasteiger partial charge in [-0.25, -0.2) is 4.99 Å². The minimum absolute atomic E-state index is 0.189. The molecule has 0 bridgehead atoms. The maximum atomic E-state index is 8.90. The lowest BCUT2D eigenvalue weighted by Crippen LogP contribution is -2.27. The normalized spacial score (nSPS) is 18.7. The van der Waals surface area contributed by atoms with Crippen LogP contribution in [0.4, 0.5) is 5.69 Å². The van der Waals surface area contributed by atoms with E-state index in [2.05, 4.69) is 9.89 Å². The van der Waals surface area contributed by atoms with E-state index in [-0.39, 0.29) is 6.61 Å². The summed E-state index contributed by atoms with van der Waals surface area (Å²) in [7, 11) is 0. The standard InChI is InChI=1S/C11H14N2OS/c14-8-6-13-7-9-15-11(13)12-10-4-2-1-3-5-10/h1-5,14H,6-9H2. The molecule has 80 valence electrons. The zero-order valence-corrected chi connectivity index (χ0v) is 9.28. The van der Waals surface area contributed by atoms with E-state index in [1.54, 1.807) is 11.8 Å². The Kier molecular flexibility index (Phi) is 3.64. The van der Waals surface area contributed by atoms with E-state index in [1.165, 1.54) is 0 Å². The SMILES string of the molecule is OCCN1CCSC1=Nc1ccccc1. The highest BCUT2D eigenvalue weighted by Crippen LogP contribution is 2.21. The Balaban J connectivity index is 2.12. The first-order valence-corrected chi connectivity index (χ1v) is 6.01. The Morgan fingerprint density at radius 1 is 1.33 bits per heavy atom. The van der Waals surface area contributed by atoms with Crippen molar-refractivity contribution in [1.82, 2.24) is 4.90 Å². The maximum absolute atomic E-state index is 8.90. The van der Waals surface area contributed by atoms with Crippen LogP contribution in [0, 0.1) is 0 Å². The summed E-state index contributed by atoms with van der Waals surface area (Å²) in [4.78, 5) is 6.68. The van der Waals surface area contributed by atoms with Gasteiger partial charge in [-0.1, -0.05) is 30.0 Å². The summed E-state index contributed by atoms with van der Waals surface area (Å²) in [6.45, 7) is 1.85. The van der Waals surface area contributed by atoms with E-state index < -0.39 is 0 Å². The van der Waals surface area contributed by atoms with Crippen LogP contribution in [0.15, 0.2) is 35.3 Å². The van der Waals surface area contributed by atoms with Crippen molar-refractivity contribution in [2.75, 3.05) is 25.4 Å². The van der Waals surface area contributed by atoms with Crippen molar-refractivity contribution in [3.63, 3.8) is 0 Å². The van der Waals surface area contributed by atoms with Crippen molar-refractivity contribution >= 4 is 22.6 Å². The van der Waals surface area contributed by atoms with Crippen molar-refractivity contribution in [2.45, 2.75) is 0 Å². The van der Waals surface area contributed by atoms with Crippen LogP contribution in [-0.4, -0.2) is 40.6 Å². The summed E-state index contributed by atoms with van der Waals surface area (Å²) in [5, 5.41) is 9.93. The smallest absolute Gasteiger partial charge is 0.164 e. The Hall–Kier alpha value is -1.00. The molecule has 0 aliphatic carbocycles. The van der Waals surface area contributed by atoms with Gasteiger partial charge in [0.05, 0.1) is 12.3 Å². The molecule has 0 unspecified atom stereocenters. The number of thioether (sulfide) groups is 1. The van der Waals surface area contributed by atoms with Gasteiger partial charge in [-0.15, -0.1) is 0 Å². The molecule has 3 nitrogen and oxygen atoms in total. The second-order valence-corrected chi connectivity index (χ2v) is 4.35. The average molecular weight is 222 g/mol. The second kappa shape index (κ2) is 5.19. The topological polar surface area (TPSA) is 35.8 Å². The highest BCUT2D eigenvalue weighted by atomic mass is 32.2. The number of β-amino-alcohol motifs (C(OH)–C–C–N with tert-alkyl or cyclic N) is 1. The van der Waals surface area contributed by atoms with Crippen molar-refractivity contribution < 1.29 is 5.11 Å². The molecule has 1 aliphatic heterocycles. The molecule has 0 saturated carbocycles. The molecular formula is C11H14N2OS. The Morgan fingerprint density at radius 2 is 2.13 bits per heavy atom. The van der Waals surface area contributed by atoms with Crippen LogP contribution in [0.25, 0.3) is 0 Å². The van der Waals surface area contributed by atoms with Gasteiger partial charge in [0.25, 0.3) is 0 Å². The molecule has 1 saturated heterocycles. The number of rotatable bonds is 3. The highest BCUT2D eigenvalue weighted by molar-refractivity contribution is 8.14. The second-order valence-electron chi connectivity index (χ2n) is 3.29. The number of hydrogen-bond donors (Lipinski definition) is 1. The average Bonchev–Trinajstić information content (AvgIpc) is 2.68. The Bertz CT molecular complexity index is 340. The van der Waals surface area contributed by atoms with Gasteiger partial charge in [-0.05, 0) is 12.1 Å². The van der Waals surface area contributed by atoms with Gasteiger partial charge in [0.2, 0.25) is 0 Å². The van der Waals surface area contributed by atoms with Crippen molar-refractivity contribution in [2.24, 2.45) is 4.99 Å². The number of amidine groups is 1. The minimum Gasteiger partial charge on any atom is -0.395 e. The molecule has 1 heterocycles. The predicted molar refractivity (Wildman–Crippen MR) is 64.7 cm³/mol. The fourth-order valence-electron chi connectivity index (χ4n) is 1.48. The summed E-state index contributed by atoms with van der Waals surface area (Å²) in [5.41, 5.74) is 0.977. The van der Waals surface area contributed by atoms with Crippen LogP contribution in [-0.2, 0) is 0 Å². The lowest BCUT2D eigenvalue weighted by molar-refractivity contribution is 0.257. The summed E-state index contributed by atoms with van der Waals surface area (Å²) < 4.78 is 0. The van der Waals surface area contributed by atoms with E-state index in [1.807, 2.05) is 30.3 Å². The van der Waals surface area contributed by atoms with E-state index in [0.717, 1.165) is 23.2 Å². The number of nitrogens with zero attached hydrogens (tertiary/aromatic N) is 2. The van der Waals surface area contributed by atoms with E-state index >= 15 is 0 Å². The number of aliphatic imine (C=N–C) groups is 1. The molecule has 0 aromatic heterocycles. The third kappa shape index (κ3) is 2.73. The summed E-state index contributed by atoms with van der Waals surface area (Å²) >= 11 is 1.75. The fourth-order valence-corrected chi connectivity index (χ4v) is 2.51. The lowest BCUT2D eigenvalue weighted by atomic mass is 10.3. The van der Waals surface area contributed by atoms with Gasteiger partial charge in [-0.3, -0.25) is 0 Å². The molecule has 0 radical (unpaired) electrons. The first-order chi connectivity index (χ1) is 7.40. The molecule has 0 spiro atoms. The molecule has 15 heavy (non-hydrogen) atoms. The van der Waals surface area contributed by atoms with Crippen LogP contribution in [0.2, 0.25) is 0 Å². The van der Waals surface area contributed by atoms with Gasteiger partial charge in [-0.2, -0.15) is 0 Å². The molecule has 1 aromatic carbocycles. The van der Waals surface area contributed by atoms with Crippen LogP contribution in [0.1, 0.15) is 0 Å². The maximum Gasteiger partial charge on any atom is 0.164 e. The number of hydrogen-bond acceptors (Lipinski definition) is 3. The van der Waals surface area contributed by atoms with Crippen LogP contribution >= 0.6 is 11.8 Å². The predicted octanol–water partition coefficient (Wildman–Crippen LogP) is 1.72. The van der Waals surface area contributed by atoms with Crippen molar-refractivity contribution in [3.05, 3.63) is 30.3 Å². The van der Waals surface area contributed by atoms with Crippen LogP contribution < -0.4 is 0 Å². The highest BCUT2D eigenvalue weighted by Gasteiger charge is 2.18. The van der Waals surface area contributed by atoms with Crippen molar-refractivity contribution in [3.8, 4) is 0 Å². The Morgan fingerprint density at radius 3 is 2.87 bits per heavy atom. The number of aliphatic hydroxyl groups excluding tert-OH is 1. The molecule has 0 atom stereocenters. The van der Waals surface area contributed by atoms with Crippen LogP contribution in [0.5, 0.6) is 0 Å². The van der Waals surface area contributed by atoms with Gasteiger partial charge in [0.15, 0.2) is 5.17 Å². The third-order valence-electron chi connectivity index (χ3n) is 2.21. The van der Waals surface area contributed by atoms with E-state index in [0.29, 0.717) is 6.54 Å². The molecule has 0 amide bonds. The monoisotopic (exact) mass is 222 g/mol. The van der Waals surface area contributed by atoms with Crippen LogP contribution in [0.3, 0.4) is 0 Å². The summed E-state index contributed by atoms with van der Waals surface area (Å²) in [6.07, 6.45) is 0. The Labute approximate surface area is 93.8 Å². The molecule has 1 aliphatic rings. The largest absolute Gasteiger partial charge is 0.395 e. The molecule has 2 rings (SSSR count). The van der Waals surface area contributed by atoms with Gasteiger partial charge >= 0.3 is 0 Å². The first kappa shape index (κ1) is 10.5.